The summed E-state index contributed by atoms with van der Waals surface area (Å²) in [6, 6.07) is 10.2. The van der Waals surface area contributed by atoms with Gasteiger partial charge in [0.25, 0.3) is 0 Å². The van der Waals surface area contributed by atoms with Gasteiger partial charge < -0.3 is 4.90 Å². The first-order valence-corrected chi connectivity index (χ1v) is 7.56. The predicted molar refractivity (Wildman–Crippen MR) is 85.6 cm³/mol. The highest BCUT2D eigenvalue weighted by molar-refractivity contribution is 5.75. The largest absolute Gasteiger partial charge is 0.354 e. The highest BCUT2D eigenvalue weighted by Gasteiger charge is 2.18. The van der Waals surface area contributed by atoms with Crippen molar-refractivity contribution in [3.63, 3.8) is 0 Å². The maximum Gasteiger partial charge on any atom is 0.157 e. The Morgan fingerprint density at radius 2 is 1.95 bits per heavy atom. The second-order valence-corrected chi connectivity index (χ2v) is 5.56. The second kappa shape index (κ2) is 5.73. The summed E-state index contributed by atoms with van der Waals surface area (Å²) in [5, 5.41) is 8.01. The molecule has 4 heterocycles. The highest BCUT2D eigenvalue weighted by Crippen LogP contribution is 2.18. The molecule has 1 saturated heterocycles. The smallest absolute Gasteiger partial charge is 0.157 e. The van der Waals surface area contributed by atoms with E-state index in [-0.39, 0.29) is 0 Å². The number of rotatable bonds is 3. The third-order valence-electron chi connectivity index (χ3n) is 4.09. The predicted octanol–water partition coefficient (Wildman–Crippen LogP) is 1.68. The number of fused-ring (bicyclic) bond motifs is 1. The van der Waals surface area contributed by atoms with Crippen LogP contribution in [0.4, 0.5) is 5.82 Å². The molecular weight excluding hydrogens is 276 g/mol. The van der Waals surface area contributed by atoms with Gasteiger partial charge in [0.2, 0.25) is 0 Å². The van der Waals surface area contributed by atoms with Crippen molar-refractivity contribution in [2.75, 3.05) is 31.1 Å². The number of nitrogens with one attached hydrogen (secondary N) is 1. The maximum atomic E-state index is 4.64. The quantitative estimate of drug-likeness (QED) is 0.796. The third kappa shape index (κ3) is 2.65. The van der Waals surface area contributed by atoms with Gasteiger partial charge in [-0.1, -0.05) is 6.07 Å². The van der Waals surface area contributed by atoms with Crippen molar-refractivity contribution in [1.29, 1.82) is 0 Å². The molecule has 3 aromatic heterocycles. The Kier molecular flexibility index (Phi) is 3.44. The van der Waals surface area contributed by atoms with E-state index in [9.17, 15) is 0 Å². The average Bonchev–Trinajstić information content (AvgIpc) is 3.04. The summed E-state index contributed by atoms with van der Waals surface area (Å²) in [5.41, 5.74) is 1.99. The summed E-state index contributed by atoms with van der Waals surface area (Å²) >= 11 is 0. The first-order chi connectivity index (χ1) is 10.9. The molecule has 4 rings (SSSR count). The fraction of sp³-hybridized carbons (Fsp3) is 0.312. The Bertz CT molecular complexity index is 745. The van der Waals surface area contributed by atoms with Crippen molar-refractivity contribution in [2.24, 2.45) is 0 Å². The number of hydrogen-bond donors (Lipinski definition) is 1. The molecule has 6 nitrogen and oxygen atoms in total. The lowest BCUT2D eigenvalue weighted by Crippen LogP contribution is -2.46. The van der Waals surface area contributed by atoms with Crippen molar-refractivity contribution in [3.05, 3.63) is 48.4 Å². The molecule has 3 aromatic rings. The summed E-state index contributed by atoms with van der Waals surface area (Å²) in [7, 11) is 0. The van der Waals surface area contributed by atoms with Gasteiger partial charge in [0.15, 0.2) is 5.65 Å². The Balaban J connectivity index is 1.41. The number of nitrogens with zero attached hydrogens (tertiary/aromatic N) is 5. The van der Waals surface area contributed by atoms with Crippen molar-refractivity contribution >= 4 is 16.9 Å². The molecule has 0 atom stereocenters. The number of hydrogen-bond acceptors (Lipinski definition) is 5. The van der Waals surface area contributed by atoms with Gasteiger partial charge in [-0.3, -0.25) is 15.0 Å². The fourth-order valence-electron chi connectivity index (χ4n) is 2.85. The van der Waals surface area contributed by atoms with Gasteiger partial charge in [0.05, 0.1) is 11.9 Å². The third-order valence-corrected chi connectivity index (χ3v) is 4.09. The van der Waals surface area contributed by atoms with E-state index in [0.29, 0.717) is 0 Å². The van der Waals surface area contributed by atoms with E-state index in [1.165, 1.54) is 0 Å². The van der Waals surface area contributed by atoms with Gasteiger partial charge in [-0.15, -0.1) is 0 Å². The van der Waals surface area contributed by atoms with Gasteiger partial charge in [-0.05, 0) is 24.3 Å². The van der Waals surface area contributed by atoms with E-state index < -0.39 is 0 Å². The van der Waals surface area contributed by atoms with Gasteiger partial charge in [-0.2, -0.15) is 5.10 Å². The monoisotopic (exact) mass is 294 g/mol. The van der Waals surface area contributed by atoms with Gasteiger partial charge in [0, 0.05) is 44.3 Å². The molecule has 1 aliphatic heterocycles. The molecule has 0 radical (unpaired) electrons. The van der Waals surface area contributed by atoms with Crippen LogP contribution < -0.4 is 4.90 Å². The zero-order valence-corrected chi connectivity index (χ0v) is 12.3. The van der Waals surface area contributed by atoms with Crippen molar-refractivity contribution in [3.8, 4) is 0 Å². The van der Waals surface area contributed by atoms with E-state index >= 15 is 0 Å². The van der Waals surface area contributed by atoms with Crippen LogP contribution in [-0.4, -0.2) is 51.2 Å². The van der Waals surface area contributed by atoms with E-state index in [4.69, 9.17) is 0 Å². The van der Waals surface area contributed by atoms with Crippen LogP contribution >= 0.6 is 0 Å². The minimum absolute atomic E-state index is 0.855. The summed E-state index contributed by atoms with van der Waals surface area (Å²) < 4.78 is 0. The van der Waals surface area contributed by atoms with Crippen molar-refractivity contribution < 1.29 is 0 Å². The number of aromatic nitrogens is 4. The van der Waals surface area contributed by atoms with Gasteiger partial charge in [0.1, 0.15) is 5.82 Å². The van der Waals surface area contributed by atoms with E-state index in [2.05, 4.69) is 48.2 Å². The molecule has 0 amide bonds. The summed E-state index contributed by atoms with van der Waals surface area (Å²) in [6.45, 7) is 4.94. The zero-order valence-electron chi connectivity index (χ0n) is 12.3. The molecular formula is C16H18N6. The molecule has 0 aromatic carbocycles. The lowest BCUT2D eigenvalue weighted by molar-refractivity contribution is 0.246. The standard InChI is InChI=1S/C16H18N6/c1-2-6-17-14(3-1)12-21-7-9-22(10-8-21)15-5-4-13-11-18-20-16(13)19-15/h1-6,11H,7-10,12H2,(H,18,19,20). The minimum atomic E-state index is 0.855. The highest BCUT2D eigenvalue weighted by atomic mass is 15.3. The lowest BCUT2D eigenvalue weighted by Gasteiger charge is -2.35. The molecule has 0 spiro atoms. The van der Waals surface area contributed by atoms with Gasteiger partial charge >= 0.3 is 0 Å². The minimum Gasteiger partial charge on any atom is -0.354 e. The van der Waals surface area contributed by atoms with Crippen LogP contribution in [0.5, 0.6) is 0 Å². The summed E-state index contributed by atoms with van der Waals surface area (Å²) in [4.78, 5) is 13.8. The van der Waals surface area contributed by atoms with Crippen LogP contribution in [-0.2, 0) is 6.54 Å². The number of piperazine rings is 1. The molecule has 0 aliphatic carbocycles. The number of pyridine rings is 2. The molecule has 1 aliphatic rings. The Morgan fingerprint density at radius 1 is 1.05 bits per heavy atom. The lowest BCUT2D eigenvalue weighted by atomic mass is 10.2. The van der Waals surface area contributed by atoms with E-state index in [0.717, 1.165) is 55.3 Å². The average molecular weight is 294 g/mol. The van der Waals surface area contributed by atoms with Crippen molar-refractivity contribution in [2.45, 2.75) is 6.54 Å². The molecule has 1 fully saturated rings. The molecule has 0 saturated carbocycles. The first-order valence-electron chi connectivity index (χ1n) is 7.56. The number of anilines is 1. The SMILES string of the molecule is c1ccc(CN2CCN(c3ccc4cn[nH]c4n3)CC2)nc1. The van der Waals surface area contributed by atoms with Crippen LogP contribution in [0.2, 0.25) is 0 Å². The Hall–Kier alpha value is -2.47. The maximum absolute atomic E-state index is 4.64. The van der Waals surface area contributed by atoms with E-state index in [1.54, 1.807) is 6.20 Å². The van der Waals surface area contributed by atoms with Crippen LogP contribution in [0.25, 0.3) is 11.0 Å². The molecule has 112 valence electrons. The molecule has 1 N–H and O–H groups in total. The van der Waals surface area contributed by atoms with Crippen LogP contribution in [0.3, 0.4) is 0 Å². The molecule has 6 heteroatoms. The Labute approximate surface area is 128 Å². The summed E-state index contributed by atoms with van der Waals surface area (Å²) in [6.07, 6.45) is 3.66. The van der Waals surface area contributed by atoms with Crippen LogP contribution in [0.15, 0.2) is 42.7 Å². The number of H-pyrrole nitrogens is 1. The zero-order chi connectivity index (χ0) is 14.8. The van der Waals surface area contributed by atoms with Crippen LogP contribution in [0.1, 0.15) is 5.69 Å². The van der Waals surface area contributed by atoms with Crippen molar-refractivity contribution in [1.82, 2.24) is 25.1 Å². The Morgan fingerprint density at radius 3 is 2.77 bits per heavy atom. The van der Waals surface area contributed by atoms with Gasteiger partial charge in [-0.25, -0.2) is 4.98 Å². The number of aromatic amines is 1. The second-order valence-electron chi connectivity index (χ2n) is 5.56. The normalized spacial score (nSPS) is 16.3. The van der Waals surface area contributed by atoms with Crippen LogP contribution in [0, 0.1) is 0 Å². The first kappa shape index (κ1) is 13.2. The molecule has 22 heavy (non-hydrogen) atoms. The summed E-state index contributed by atoms with van der Waals surface area (Å²) in [5.74, 6) is 1.02. The van der Waals surface area contributed by atoms with E-state index in [1.807, 2.05) is 18.3 Å². The fourth-order valence-corrected chi connectivity index (χ4v) is 2.85. The molecule has 0 unspecified atom stereocenters. The topological polar surface area (TPSA) is 60.9 Å². The molecule has 0 bridgehead atoms.